The Balaban J connectivity index is 1.98. The Bertz CT molecular complexity index is 631. The summed E-state index contributed by atoms with van der Waals surface area (Å²) in [6.07, 6.45) is 1.03. The van der Waals surface area contributed by atoms with Crippen molar-refractivity contribution in [2.24, 2.45) is 10.9 Å². The Hall–Kier alpha value is -1.99. The molecular formula is C18H27ClN4O3. The lowest BCUT2D eigenvalue weighted by Crippen LogP contribution is -2.44. The largest absolute Gasteiger partial charge is 0.495 e. The molecule has 1 aromatic carbocycles. The van der Waals surface area contributed by atoms with Crippen LogP contribution in [0.1, 0.15) is 12.0 Å². The Morgan fingerprint density at radius 2 is 2.23 bits per heavy atom. The van der Waals surface area contributed by atoms with Crippen molar-refractivity contribution >= 4 is 23.5 Å². The summed E-state index contributed by atoms with van der Waals surface area (Å²) < 4.78 is 10.6. The first-order valence-electron chi connectivity index (χ1n) is 8.62. The highest BCUT2D eigenvalue weighted by atomic mass is 35.5. The van der Waals surface area contributed by atoms with Crippen LogP contribution < -0.4 is 15.4 Å². The van der Waals surface area contributed by atoms with Crippen molar-refractivity contribution in [3.63, 3.8) is 0 Å². The smallest absolute Gasteiger partial charge is 0.241 e. The molecule has 1 atom stereocenters. The molecule has 0 aromatic heterocycles. The van der Waals surface area contributed by atoms with Crippen LogP contribution in [0.25, 0.3) is 0 Å². The van der Waals surface area contributed by atoms with Gasteiger partial charge >= 0.3 is 0 Å². The summed E-state index contributed by atoms with van der Waals surface area (Å²) in [5, 5.41) is 6.92. The van der Waals surface area contributed by atoms with Gasteiger partial charge in [-0.25, -0.2) is 4.99 Å². The third-order valence-electron chi connectivity index (χ3n) is 4.12. The van der Waals surface area contributed by atoms with Crippen molar-refractivity contribution in [3.05, 3.63) is 28.8 Å². The highest BCUT2D eigenvalue weighted by Crippen LogP contribution is 2.25. The second kappa shape index (κ2) is 10.2. The molecule has 1 fully saturated rings. The van der Waals surface area contributed by atoms with Gasteiger partial charge in [-0.15, -0.1) is 0 Å². The monoisotopic (exact) mass is 382 g/mol. The van der Waals surface area contributed by atoms with Crippen LogP contribution in [0.3, 0.4) is 0 Å². The molecule has 1 aromatic rings. The third-order valence-corrected chi connectivity index (χ3v) is 4.42. The van der Waals surface area contributed by atoms with Gasteiger partial charge in [-0.3, -0.25) is 4.79 Å². The highest BCUT2D eigenvalue weighted by Gasteiger charge is 2.16. The number of halogens is 1. The maximum atomic E-state index is 11.8. The average molecular weight is 383 g/mol. The molecule has 0 spiro atoms. The van der Waals surface area contributed by atoms with Gasteiger partial charge in [0.1, 0.15) is 5.75 Å². The van der Waals surface area contributed by atoms with E-state index in [4.69, 9.17) is 21.1 Å². The number of carbonyl (C=O) groups is 1. The van der Waals surface area contributed by atoms with Gasteiger partial charge in [0.05, 0.1) is 31.8 Å². The van der Waals surface area contributed by atoms with E-state index in [2.05, 4.69) is 15.6 Å². The van der Waals surface area contributed by atoms with Crippen molar-refractivity contribution in [2.45, 2.75) is 13.0 Å². The number of nitrogens with zero attached hydrogens (tertiary/aromatic N) is 2. The minimum absolute atomic E-state index is 0.0174. The molecule has 144 valence electrons. The molecule has 1 amide bonds. The maximum absolute atomic E-state index is 11.8. The summed E-state index contributed by atoms with van der Waals surface area (Å²) in [6.45, 7) is 2.94. The Morgan fingerprint density at radius 1 is 1.42 bits per heavy atom. The number of methoxy groups -OCH3 is 1. The van der Waals surface area contributed by atoms with Crippen LogP contribution >= 0.6 is 11.6 Å². The van der Waals surface area contributed by atoms with Crippen LogP contribution in [-0.4, -0.2) is 64.3 Å². The Labute approximate surface area is 159 Å². The first-order valence-corrected chi connectivity index (χ1v) is 9.00. The van der Waals surface area contributed by atoms with Crippen LogP contribution in [0.4, 0.5) is 0 Å². The summed E-state index contributed by atoms with van der Waals surface area (Å²) in [5.41, 5.74) is 0.958. The van der Waals surface area contributed by atoms with E-state index < -0.39 is 0 Å². The van der Waals surface area contributed by atoms with Gasteiger partial charge < -0.3 is 25.0 Å². The number of hydrogen-bond donors (Lipinski definition) is 2. The van der Waals surface area contributed by atoms with Crippen LogP contribution in [0.5, 0.6) is 5.75 Å². The molecule has 1 saturated heterocycles. The number of likely N-dealkylation sites (N-methyl/N-ethyl adjacent to an activating group) is 1. The second-order valence-electron chi connectivity index (χ2n) is 6.39. The Kier molecular flexibility index (Phi) is 8.00. The summed E-state index contributed by atoms with van der Waals surface area (Å²) in [4.78, 5) is 17.9. The van der Waals surface area contributed by atoms with Crippen LogP contribution in [0, 0.1) is 5.92 Å². The fraction of sp³-hybridized carbons (Fsp3) is 0.556. The van der Waals surface area contributed by atoms with Gasteiger partial charge in [-0.1, -0.05) is 17.7 Å². The van der Waals surface area contributed by atoms with E-state index in [0.29, 0.717) is 29.2 Å². The lowest BCUT2D eigenvalue weighted by Gasteiger charge is -2.16. The fourth-order valence-electron chi connectivity index (χ4n) is 2.46. The molecule has 2 N–H and O–H groups in total. The number of hydrogen-bond acceptors (Lipinski definition) is 4. The molecule has 1 unspecified atom stereocenters. The molecule has 0 bridgehead atoms. The van der Waals surface area contributed by atoms with E-state index in [1.807, 2.05) is 18.2 Å². The van der Waals surface area contributed by atoms with Crippen molar-refractivity contribution in [3.8, 4) is 5.75 Å². The zero-order chi connectivity index (χ0) is 18.9. The lowest BCUT2D eigenvalue weighted by atomic mass is 10.1. The number of benzene rings is 1. The van der Waals surface area contributed by atoms with Gasteiger partial charge in [0.25, 0.3) is 0 Å². The van der Waals surface area contributed by atoms with Gasteiger partial charge in [0.15, 0.2) is 5.96 Å². The molecule has 1 aliphatic rings. The predicted octanol–water partition coefficient (Wildman–Crippen LogP) is 1.51. The van der Waals surface area contributed by atoms with Gasteiger partial charge in [0.2, 0.25) is 5.91 Å². The molecule has 8 heteroatoms. The molecule has 1 heterocycles. The number of aliphatic imine (C=N–C) groups is 1. The number of ether oxygens (including phenoxy) is 2. The first kappa shape index (κ1) is 20.3. The number of guanidine groups is 1. The van der Waals surface area contributed by atoms with Crippen LogP contribution in [-0.2, 0) is 16.1 Å². The minimum Gasteiger partial charge on any atom is -0.495 e. The zero-order valence-electron chi connectivity index (χ0n) is 15.5. The molecule has 7 nitrogen and oxygen atoms in total. The summed E-state index contributed by atoms with van der Waals surface area (Å²) in [7, 11) is 5.03. The van der Waals surface area contributed by atoms with Crippen molar-refractivity contribution in [1.82, 2.24) is 15.5 Å². The van der Waals surface area contributed by atoms with E-state index in [-0.39, 0.29) is 12.5 Å². The third kappa shape index (κ3) is 6.38. The number of nitrogens with one attached hydrogen (secondary N) is 2. The van der Waals surface area contributed by atoms with Crippen LogP contribution in [0.2, 0.25) is 5.02 Å². The first-order chi connectivity index (χ1) is 12.5. The second-order valence-corrected chi connectivity index (χ2v) is 6.79. The van der Waals surface area contributed by atoms with Crippen LogP contribution in [0.15, 0.2) is 23.2 Å². The summed E-state index contributed by atoms with van der Waals surface area (Å²) in [5.74, 6) is 1.67. The average Bonchev–Trinajstić information content (AvgIpc) is 3.14. The lowest BCUT2D eigenvalue weighted by molar-refractivity contribution is -0.127. The number of amides is 1. The zero-order valence-corrected chi connectivity index (χ0v) is 16.3. The van der Waals surface area contributed by atoms with Gasteiger partial charge in [0, 0.05) is 33.2 Å². The topological polar surface area (TPSA) is 75.2 Å². The standard InChI is InChI=1S/C18H27ClN4O3/c1-23(2)17(24)11-22-18(21-10-14-6-7-26-12-14)20-9-13-4-5-16(25-3)15(19)8-13/h4-5,8,14H,6-7,9-12H2,1-3H3,(H2,20,21,22). The molecular weight excluding hydrogens is 356 g/mol. The molecule has 0 aliphatic carbocycles. The molecule has 1 aliphatic heterocycles. The van der Waals surface area contributed by atoms with E-state index in [9.17, 15) is 4.79 Å². The maximum Gasteiger partial charge on any atom is 0.241 e. The number of carbonyl (C=O) groups excluding carboxylic acids is 1. The normalized spacial score (nSPS) is 17.1. The van der Waals surface area contributed by atoms with Crippen molar-refractivity contribution in [2.75, 3.05) is 47.5 Å². The molecule has 26 heavy (non-hydrogen) atoms. The van der Waals surface area contributed by atoms with E-state index in [1.165, 1.54) is 0 Å². The molecule has 0 radical (unpaired) electrons. The highest BCUT2D eigenvalue weighted by molar-refractivity contribution is 6.32. The predicted molar refractivity (Wildman–Crippen MR) is 103 cm³/mol. The molecule has 2 rings (SSSR count). The quantitative estimate of drug-likeness (QED) is 0.552. The molecule has 0 saturated carbocycles. The van der Waals surface area contributed by atoms with E-state index >= 15 is 0 Å². The van der Waals surface area contributed by atoms with Gasteiger partial charge in [-0.2, -0.15) is 0 Å². The summed E-state index contributed by atoms with van der Waals surface area (Å²) >= 11 is 6.16. The van der Waals surface area contributed by atoms with Crippen molar-refractivity contribution < 1.29 is 14.3 Å². The van der Waals surface area contributed by atoms with Crippen molar-refractivity contribution in [1.29, 1.82) is 0 Å². The Morgan fingerprint density at radius 3 is 2.85 bits per heavy atom. The minimum atomic E-state index is -0.0174. The number of rotatable bonds is 7. The fourth-order valence-corrected chi connectivity index (χ4v) is 2.74. The van der Waals surface area contributed by atoms with E-state index in [0.717, 1.165) is 31.7 Å². The van der Waals surface area contributed by atoms with E-state index in [1.54, 1.807) is 26.1 Å². The summed E-state index contributed by atoms with van der Waals surface area (Å²) in [6, 6.07) is 5.57. The van der Waals surface area contributed by atoms with Gasteiger partial charge in [-0.05, 0) is 24.1 Å². The SMILES string of the molecule is COc1ccc(CN=C(NCC(=O)N(C)C)NCC2CCOC2)cc1Cl.